The number of nitro groups is 1. The highest BCUT2D eigenvalue weighted by Gasteiger charge is 2.20. The number of nitrogens with one attached hydrogen (secondary N) is 3. The molecule has 0 aliphatic carbocycles. The minimum absolute atomic E-state index is 0.0938. The summed E-state index contributed by atoms with van der Waals surface area (Å²) in [6, 6.07) is 5.32. The number of aliphatic imine (C=N–C) groups is 1. The van der Waals surface area contributed by atoms with Gasteiger partial charge in [0.25, 0.3) is 5.69 Å². The van der Waals surface area contributed by atoms with Crippen LogP contribution in [0.4, 0.5) is 5.69 Å². The monoisotopic (exact) mass is 440 g/mol. The van der Waals surface area contributed by atoms with E-state index in [1.807, 2.05) is 6.92 Å². The van der Waals surface area contributed by atoms with E-state index < -0.39 is 14.9 Å². The van der Waals surface area contributed by atoms with Crippen molar-refractivity contribution in [2.75, 3.05) is 39.3 Å². The van der Waals surface area contributed by atoms with Crippen molar-refractivity contribution in [2.45, 2.75) is 44.0 Å². The minimum atomic E-state index is -3.84. The van der Waals surface area contributed by atoms with Crippen LogP contribution in [0.3, 0.4) is 0 Å². The summed E-state index contributed by atoms with van der Waals surface area (Å²) in [4.78, 5) is 17.0. The standard InChI is InChI=1S/C19H32N6O4S/c1-3-12-24-13-8-16(9-14-24)23-19(20-4-2)21-10-11-22-30(28,29)18-7-5-6-17(15-18)25(26)27/h5-7,15-16,22H,3-4,8-14H2,1-2H3,(H2,20,21,23). The van der Waals surface area contributed by atoms with E-state index in [0.717, 1.165) is 45.0 Å². The number of nitrogens with zero attached hydrogens (tertiary/aromatic N) is 3. The van der Waals surface area contributed by atoms with E-state index in [-0.39, 0.29) is 23.7 Å². The molecule has 0 aromatic heterocycles. The van der Waals surface area contributed by atoms with Crippen LogP contribution in [0.25, 0.3) is 0 Å². The number of nitro benzene ring substituents is 1. The number of hydrogen-bond donors (Lipinski definition) is 3. The van der Waals surface area contributed by atoms with Crippen LogP contribution in [0.1, 0.15) is 33.1 Å². The number of sulfonamides is 1. The first kappa shape index (κ1) is 24.0. The first-order valence-corrected chi connectivity index (χ1v) is 11.8. The van der Waals surface area contributed by atoms with Gasteiger partial charge in [-0.1, -0.05) is 13.0 Å². The third-order valence-electron chi connectivity index (χ3n) is 4.83. The van der Waals surface area contributed by atoms with Gasteiger partial charge in [-0.3, -0.25) is 15.1 Å². The molecule has 1 heterocycles. The number of rotatable bonds is 10. The van der Waals surface area contributed by atoms with Gasteiger partial charge in [-0.2, -0.15) is 0 Å². The van der Waals surface area contributed by atoms with E-state index in [4.69, 9.17) is 0 Å². The Labute approximate surface area is 178 Å². The number of likely N-dealkylation sites (tertiary alicyclic amines) is 1. The Morgan fingerprint density at radius 1 is 1.30 bits per heavy atom. The maximum atomic E-state index is 12.4. The van der Waals surface area contributed by atoms with Crippen LogP contribution in [-0.2, 0) is 10.0 Å². The lowest BCUT2D eigenvalue weighted by atomic mass is 10.1. The Bertz CT molecular complexity index is 822. The normalized spacial score (nSPS) is 16.4. The largest absolute Gasteiger partial charge is 0.357 e. The van der Waals surface area contributed by atoms with Gasteiger partial charge in [0, 0.05) is 44.4 Å². The second kappa shape index (κ2) is 11.8. The molecule has 168 valence electrons. The molecular formula is C19H32N6O4S. The van der Waals surface area contributed by atoms with Crippen LogP contribution in [0.5, 0.6) is 0 Å². The third-order valence-corrected chi connectivity index (χ3v) is 6.28. The molecule has 2 rings (SSSR count). The zero-order valence-corrected chi connectivity index (χ0v) is 18.5. The highest BCUT2D eigenvalue weighted by Crippen LogP contribution is 2.17. The smallest absolute Gasteiger partial charge is 0.270 e. The summed E-state index contributed by atoms with van der Waals surface area (Å²) in [5, 5.41) is 17.5. The molecule has 3 N–H and O–H groups in total. The Balaban J connectivity index is 1.86. The molecule has 0 spiro atoms. The SMILES string of the molecule is CCCN1CCC(NC(=NCCNS(=O)(=O)c2cccc([N+](=O)[O-])c2)NCC)CC1. The molecule has 11 heteroatoms. The van der Waals surface area contributed by atoms with Crippen molar-refractivity contribution in [2.24, 2.45) is 4.99 Å². The third kappa shape index (κ3) is 7.54. The van der Waals surface area contributed by atoms with Crippen LogP contribution >= 0.6 is 0 Å². The molecular weight excluding hydrogens is 408 g/mol. The fraction of sp³-hybridized carbons (Fsp3) is 0.632. The topological polar surface area (TPSA) is 129 Å². The quantitative estimate of drug-likeness (QED) is 0.164. The first-order chi connectivity index (χ1) is 14.4. The van der Waals surface area contributed by atoms with Gasteiger partial charge in [-0.15, -0.1) is 0 Å². The molecule has 0 amide bonds. The van der Waals surface area contributed by atoms with E-state index in [0.29, 0.717) is 18.5 Å². The van der Waals surface area contributed by atoms with Crippen LogP contribution in [0, 0.1) is 10.1 Å². The molecule has 30 heavy (non-hydrogen) atoms. The molecule has 1 aliphatic heterocycles. The summed E-state index contributed by atoms with van der Waals surface area (Å²) >= 11 is 0. The first-order valence-electron chi connectivity index (χ1n) is 10.4. The van der Waals surface area contributed by atoms with Crippen LogP contribution in [0.2, 0.25) is 0 Å². The van der Waals surface area contributed by atoms with Gasteiger partial charge < -0.3 is 15.5 Å². The fourth-order valence-corrected chi connectivity index (χ4v) is 4.39. The highest BCUT2D eigenvalue weighted by molar-refractivity contribution is 7.89. The zero-order chi connectivity index (χ0) is 22.0. The molecule has 1 aromatic carbocycles. The van der Waals surface area contributed by atoms with Gasteiger partial charge >= 0.3 is 0 Å². The van der Waals surface area contributed by atoms with Gasteiger partial charge in [0.05, 0.1) is 16.4 Å². The van der Waals surface area contributed by atoms with E-state index >= 15 is 0 Å². The molecule has 0 unspecified atom stereocenters. The minimum Gasteiger partial charge on any atom is -0.357 e. The van der Waals surface area contributed by atoms with Gasteiger partial charge in [-0.05, 0) is 38.8 Å². The molecule has 0 saturated carbocycles. The Morgan fingerprint density at radius 3 is 2.67 bits per heavy atom. The molecule has 1 saturated heterocycles. The summed E-state index contributed by atoms with van der Waals surface area (Å²) in [6.07, 6.45) is 3.25. The number of piperidine rings is 1. The fourth-order valence-electron chi connectivity index (χ4n) is 3.33. The Morgan fingerprint density at radius 2 is 2.03 bits per heavy atom. The average molecular weight is 441 g/mol. The van der Waals surface area contributed by atoms with Gasteiger partial charge in [0.1, 0.15) is 0 Å². The van der Waals surface area contributed by atoms with E-state index in [1.165, 1.54) is 18.2 Å². The Hall–Kier alpha value is -2.24. The van der Waals surface area contributed by atoms with Crippen molar-refractivity contribution < 1.29 is 13.3 Å². The summed E-state index contributed by atoms with van der Waals surface area (Å²) in [5.74, 6) is 0.668. The summed E-state index contributed by atoms with van der Waals surface area (Å²) in [5.41, 5.74) is -0.264. The molecule has 1 fully saturated rings. The van der Waals surface area contributed by atoms with Gasteiger partial charge in [0.15, 0.2) is 5.96 Å². The molecule has 0 radical (unpaired) electrons. The maximum Gasteiger partial charge on any atom is 0.270 e. The predicted octanol–water partition coefficient (Wildman–Crippen LogP) is 1.30. The molecule has 10 nitrogen and oxygen atoms in total. The number of benzene rings is 1. The van der Waals surface area contributed by atoms with Crippen LogP contribution in [0.15, 0.2) is 34.2 Å². The molecule has 0 bridgehead atoms. The number of non-ortho nitro benzene ring substituents is 1. The van der Waals surface area contributed by atoms with Crippen molar-refractivity contribution in [1.29, 1.82) is 0 Å². The van der Waals surface area contributed by atoms with Crippen LogP contribution in [-0.4, -0.2) is 69.5 Å². The zero-order valence-electron chi connectivity index (χ0n) is 17.6. The summed E-state index contributed by atoms with van der Waals surface area (Å²) in [6.45, 7) is 8.47. The van der Waals surface area contributed by atoms with E-state index in [2.05, 4.69) is 32.2 Å². The second-order valence-corrected chi connectivity index (χ2v) is 8.94. The lowest BCUT2D eigenvalue weighted by Gasteiger charge is -2.32. The van der Waals surface area contributed by atoms with Crippen molar-refractivity contribution in [1.82, 2.24) is 20.3 Å². The van der Waals surface area contributed by atoms with E-state index in [9.17, 15) is 18.5 Å². The second-order valence-electron chi connectivity index (χ2n) is 7.17. The number of hydrogen-bond acceptors (Lipinski definition) is 6. The maximum absolute atomic E-state index is 12.4. The molecule has 0 atom stereocenters. The van der Waals surface area contributed by atoms with Crippen LogP contribution < -0.4 is 15.4 Å². The van der Waals surface area contributed by atoms with Crippen molar-refractivity contribution in [3.8, 4) is 0 Å². The van der Waals surface area contributed by atoms with E-state index in [1.54, 1.807) is 0 Å². The average Bonchev–Trinajstić information content (AvgIpc) is 2.73. The van der Waals surface area contributed by atoms with Crippen molar-refractivity contribution >= 4 is 21.7 Å². The van der Waals surface area contributed by atoms with Gasteiger partial charge in [-0.25, -0.2) is 13.1 Å². The lowest BCUT2D eigenvalue weighted by Crippen LogP contribution is -2.49. The summed E-state index contributed by atoms with van der Waals surface area (Å²) < 4.78 is 27.2. The predicted molar refractivity (Wildman–Crippen MR) is 117 cm³/mol. The summed E-state index contributed by atoms with van der Waals surface area (Å²) in [7, 11) is -3.84. The highest BCUT2D eigenvalue weighted by atomic mass is 32.2. The van der Waals surface area contributed by atoms with Crippen molar-refractivity contribution in [3.05, 3.63) is 34.4 Å². The van der Waals surface area contributed by atoms with Crippen molar-refractivity contribution in [3.63, 3.8) is 0 Å². The Kier molecular flexibility index (Phi) is 9.47. The lowest BCUT2D eigenvalue weighted by molar-refractivity contribution is -0.385. The van der Waals surface area contributed by atoms with Gasteiger partial charge in [0.2, 0.25) is 10.0 Å². The molecule has 1 aromatic rings. The number of guanidine groups is 1. The molecule has 1 aliphatic rings.